The van der Waals surface area contributed by atoms with E-state index in [1.807, 2.05) is 0 Å². The Labute approximate surface area is 64.6 Å². The Hall–Kier alpha value is -1.06. The van der Waals surface area contributed by atoms with Crippen LogP contribution in [0.25, 0.3) is 0 Å². The first-order chi connectivity index (χ1) is 4.93. The maximum absolute atomic E-state index is 10.8. The van der Waals surface area contributed by atoms with Crippen LogP contribution in [-0.2, 0) is 9.59 Å². The van der Waals surface area contributed by atoms with Gasteiger partial charge in [-0.15, -0.1) is 0 Å². The standard InChI is InChI=1S/C7H11NO3/c1-7(2)4(6(10)11)3-5(9)8-7/h4H,3H2,1-2H3,(H,8,9)(H,10,11)/t4-/m0/s1. The fourth-order valence-corrected chi connectivity index (χ4v) is 1.33. The van der Waals surface area contributed by atoms with Crippen molar-refractivity contribution >= 4 is 11.9 Å². The van der Waals surface area contributed by atoms with E-state index in [4.69, 9.17) is 5.11 Å². The Bertz CT molecular complexity index is 210. The van der Waals surface area contributed by atoms with Crippen LogP contribution in [0.4, 0.5) is 0 Å². The number of carboxylic acids is 1. The minimum atomic E-state index is -0.909. The van der Waals surface area contributed by atoms with Crippen molar-refractivity contribution in [3.05, 3.63) is 0 Å². The molecule has 2 N–H and O–H groups in total. The lowest BCUT2D eigenvalue weighted by Crippen LogP contribution is -2.42. The summed E-state index contributed by atoms with van der Waals surface area (Å²) in [6.07, 6.45) is 0.0995. The molecule has 0 aromatic rings. The molecular weight excluding hydrogens is 146 g/mol. The maximum Gasteiger partial charge on any atom is 0.309 e. The van der Waals surface area contributed by atoms with Crippen LogP contribution >= 0.6 is 0 Å². The van der Waals surface area contributed by atoms with Crippen LogP contribution in [0.3, 0.4) is 0 Å². The fourth-order valence-electron chi connectivity index (χ4n) is 1.33. The van der Waals surface area contributed by atoms with Gasteiger partial charge in [0.25, 0.3) is 0 Å². The van der Waals surface area contributed by atoms with E-state index in [0.717, 1.165) is 0 Å². The Balaban J connectivity index is 2.82. The predicted molar refractivity (Wildman–Crippen MR) is 38.0 cm³/mol. The number of aliphatic carboxylic acids is 1. The summed E-state index contributed by atoms with van der Waals surface area (Å²) in [6, 6.07) is 0. The lowest BCUT2D eigenvalue weighted by Gasteiger charge is -2.22. The molecule has 4 heteroatoms. The average molecular weight is 157 g/mol. The van der Waals surface area contributed by atoms with Crippen molar-refractivity contribution in [2.75, 3.05) is 0 Å². The van der Waals surface area contributed by atoms with Crippen LogP contribution in [0.5, 0.6) is 0 Å². The molecule has 0 aliphatic carbocycles. The van der Waals surface area contributed by atoms with Crippen molar-refractivity contribution in [3.63, 3.8) is 0 Å². The maximum atomic E-state index is 10.8. The molecule has 4 nitrogen and oxygen atoms in total. The Morgan fingerprint density at radius 1 is 1.73 bits per heavy atom. The van der Waals surface area contributed by atoms with Crippen molar-refractivity contribution in [1.82, 2.24) is 5.32 Å². The van der Waals surface area contributed by atoms with E-state index < -0.39 is 17.4 Å². The number of nitrogens with one attached hydrogen (secondary N) is 1. The van der Waals surface area contributed by atoms with Crippen molar-refractivity contribution in [2.24, 2.45) is 5.92 Å². The van der Waals surface area contributed by atoms with E-state index in [9.17, 15) is 9.59 Å². The summed E-state index contributed by atoms with van der Waals surface area (Å²) in [5, 5.41) is 11.3. The smallest absolute Gasteiger partial charge is 0.309 e. The van der Waals surface area contributed by atoms with Crippen LogP contribution < -0.4 is 5.32 Å². The first-order valence-corrected chi connectivity index (χ1v) is 3.47. The minimum Gasteiger partial charge on any atom is -0.481 e. The van der Waals surface area contributed by atoms with Crippen LogP contribution in [-0.4, -0.2) is 22.5 Å². The fraction of sp³-hybridized carbons (Fsp3) is 0.714. The zero-order valence-electron chi connectivity index (χ0n) is 6.55. The summed E-state index contributed by atoms with van der Waals surface area (Å²) in [7, 11) is 0. The van der Waals surface area contributed by atoms with Crippen molar-refractivity contribution < 1.29 is 14.7 Å². The van der Waals surface area contributed by atoms with Gasteiger partial charge in [-0.1, -0.05) is 0 Å². The first kappa shape index (κ1) is 8.04. The van der Waals surface area contributed by atoms with Gasteiger partial charge in [-0.3, -0.25) is 9.59 Å². The van der Waals surface area contributed by atoms with Gasteiger partial charge in [-0.2, -0.15) is 0 Å². The number of carbonyl (C=O) groups is 2. The van der Waals surface area contributed by atoms with Gasteiger partial charge in [0.05, 0.1) is 5.92 Å². The van der Waals surface area contributed by atoms with Crippen LogP contribution in [0.2, 0.25) is 0 Å². The Morgan fingerprint density at radius 3 is 2.45 bits per heavy atom. The lowest BCUT2D eigenvalue weighted by molar-refractivity contribution is -0.143. The van der Waals surface area contributed by atoms with Crippen LogP contribution in [0.1, 0.15) is 20.3 Å². The minimum absolute atomic E-state index is 0.0995. The van der Waals surface area contributed by atoms with E-state index in [1.165, 1.54) is 0 Å². The molecule has 0 radical (unpaired) electrons. The predicted octanol–water partition coefficient (Wildman–Crippen LogP) is -0.0143. The molecule has 0 bridgehead atoms. The Kier molecular flexibility index (Phi) is 1.62. The SMILES string of the molecule is CC1(C)NC(=O)C[C@H]1C(=O)O. The second-order valence-corrected chi connectivity index (χ2v) is 3.36. The first-order valence-electron chi connectivity index (χ1n) is 3.47. The van der Waals surface area contributed by atoms with Gasteiger partial charge in [0.2, 0.25) is 5.91 Å². The summed E-state index contributed by atoms with van der Waals surface area (Å²) in [5.41, 5.74) is -0.594. The zero-order chi connectivity index (χ0) is 8.65. The molecule has 1 amide bonds. The molecule has 11 heavy (non-hydrogen) atoms. The normalized spacial score (nSPS) is 28.2. The van der Waals surface area contributed by atoms with Gasteiger partial charge >= 0.3 is 5.97 Å². The molecule has 1 saturated heterocycles. The number of carboxylic acid groups (broad SMARTS) is 1. The summed E-state index contributed by atoms with van der Waals surface area (Å²) in [4.78, 5) is 21.4. The third kappa shape index (κ3) is 1.34. The summed E-state index contributed by atoms with van der Waals surface area (Å²) < 4.78 is 0. The van der Waals surface area contributed by atoms with Crippen LogP contribution in [0, 0.1) is 5.92 Å². The molecular formula is C7H11NO3. The number of carbonyl (C=O) groups excluding carboxylic acids is 1. The zero-order valence-corrected chi connectivity index (χ0v) is 6.55. The molecule has 0 aromatic heterocycles. The molecule has 1 fully saturated rings. The molecule has 1 atom stereocenters. The van der Waals surface area contributed by atoms with Crippen molar-refractivity contribution in [2.45, 2.75) is 25.8 Å². The molecule has 0 aromatic carbocycles. The number of amides is 1. The molecule has 1 heterocycles. The molecule has 62 valence electrons. The third-order valence-electron chi connectivity index (χ3n) is 2.02. The van der Waals surface area contributed by atoms with Gasteiger partial charge in [0.1, 0.15) is 0 Å². The average Bonchev–Trinajstić information content (AvgIpc) is 2.04. The van der Waals surface area contributed by atoms with E-state index in [0.29, 0.717) is 0 Å². The highest BCUT2D eigenvalue weighted by molar-refractivity contribution is 5.87. The Morgan fingerprint density at radius 2 is 2.27 bits per heavy atom. The number of hydrogen-bond donors (Lipinski definition) is 2. The molecule has 1 rings (SSSR count). The van der Waals surface area contributed by atoms with E-state index in [2.05, 4.69) is 5.32 Å². The van der Waals surface area contributed by atoms with E-state index >= 15 is 0 Å². The summed E-state index contributed by atoms with van der Waals surface area (Å²) >= 11 is 0. The molecule has 0 saturated carbocycles. The number of rotatable bonds is 1. The second kappa shape index (κ2) is 2.22. The van der Waals surface area contributed by atoms with Gasteiger partial charge in [0, 0.05) is 12.0 Å². The summed E-state index contributed by atoms with van der Waals surface area (Å²) in [6.45, 7) is 3.44. The van der Waals surface area contributed by atoms with Crippen molar-refractivity contribution in [1.29, 1.82) is 0 Å². The third-order valence-corrected chi connectivity index (χ3v) is 2.02. The highest BCUT2D eigenvalue weighted by Crippen LogP contribution is 2.26. The van der Waals surface area contributed by atoms with E-state index in [-0.39, 0.29) is 12.3 Å². The molecule has 1 aliphatic rings. The number of hydrogen-bond acceptors (Lipinski definition) is 2. The monoisotopic (exact) mass is 157 g/mol. The highest BCUT2D eigenvalue weighted by atomic mass is 16.4. The van der Waals surface area contributed by atoms with Crippen LogP contribution in [0.15, 0.2) is 0 Å². The largest absolute Gasteiger partial charge is 0.481 e. The molecule has 1 aliphatic heterocycles. The van der Waals surface area contributed by atoms with Crippen molar-refractivity contribution in [3.8, 4) is 0 Å². The second-order valence-electron chi connectivity index (χ2n) is 3.36. The molecule has 0 unspecified atom stereocenters. The van der Waals surface area contributed by atoms with Gasteiger partial charge < -0.3 is 10.4 Å². The van der Waals surface area contributed by atoms with Gasteiger partial charge in [-0.25, -0.2) is 0 Å². The molecule has 0 spiro atoms. The lowest BCUT2D eigenvalue weighted by atomic mass is 9.89. The van der Waals surface area contributed by atoms with E-state index in [1.54, 1.807) is 13.8 Å². The highest BCUT2D eigenvalue weighted by Gasteiger charge is 2.43. The van der Waals surface area contributed by atoms with Gasteiger partial charge in [-0.05, 0) is 13.8 Å². The summed E-state index contributed by atoms with van der Waals surface area (Å²) in [5.74, 6) is -1.68. The topological polar surface area (TPSA) is 66.4 Å². The quantitative estimate of drug-likeness (QED) is 0.562. The van der Waals surface area contributed by atoms with Gasteiger partial charge in [0.15, 0.2) is 0 Å².